The number of anilines is 3. The highest BCUT2D eigenvalue weighted by atomic mass is 15.1. The van der Waals surface area contributed by atoms with Crippen molar-refractivity contribution in [1.82, 2.24) is 4.57 Å². The molecule has 9 aromatic carbocycles. The Morgan fingerprint density at radius 3 is 1.70 bits per heavy atom. The third-order valence-corrected chi connectivity index (χ3v) is 12.4. The molecule has 0 atom stereocenters. The molecule has 0 bridgehead atoms. The van der Waals surface area contributed by atoms with Gasteiger partial charge in [-0.1, -0.05) is 146 Å². The summed E-state index contributed by atoms with van der Waals surface area (Å²) in [7, 11) is 0. The number of hydrogen-bond donors (Lipinski definition) is 0. The summed E-state index contributed by atoms with van der Waals surface area (Å²) in [5.74, 6) is 0. The molecule has 10 aromatic rings. The lowest BCUT2D eigenvalue weighted by Gasteiger charge is -2.32. The van der Waals surface area contributed by atoms with Crippen molar-refractivity contribution >= 4 is 38.7 Å². The third-order valence-electron chi connectivity index (χ3n) is 12.4. The minimum Gasteiger partial charge on any atom is -0.317 e. The average molecular weight is 725 g/mol. The minimum atomic E-state index is -0.501. The molecule has 0 radical (unpaired) electrons. The first-order chi connectivity index (χ1) is 28.3. The van der Waals surface area contributed by atoms with Gasteiger partial charge in [0, 0.05) is 34.3 Å². The molecule has 2 heteroatoms. The number of hydrogen-bond acceptors (Lipinski definition) is 1. The van der Waals surface area contributed by atoms with Gasteiger partial charge in [0.05, 0.1) is 10.9 Å². The number of para-hydroxylation sites is 1. The quantitative estimate of drug-likeness (QED) is 0.172. The van der Waals surface area contributed by atoms with Crippen molar-refractivity contribution in [3.05, 3.63) is 241 Å². The van der Waals surface area contributed by atoms with Crippen LogP contribution in [0.4, 0.5) is 17.1 Å². The second-order valence-corrected chi connectivity index (χ2v) is 15.3. The van der Waals surface area contributed by atoms with Crippen molar-refractivity contribution in [2.24, 2.45) is 0 Å². The van der Waals surface area contributed by atoms with Crippen LogP contribution in [0.1, 0.15) is 22.3 Å². The van der Waals surface area contributed by atoms with Crippen LogP contribution in [0.3, 0.4) is 0 Å². The van der Waals surface area contributed by atoms with E-state index in [0.717, 1.165) is 22.7 Å². The van der Waals surface area contributed by atoms with Crippen LogP contribution in [0.25, 0.3) is 60.7 Å². The molecule has 0 aliphatic heterocycles. The number of nitrogens with zero attached hydrogens (tertiary/aromatic N) is 2. The average Bonchev–Trinajstić information content (AvgIpc) is 3.93. The van der Waals surface area contributed by atoms with E-state index in [-0.39, 0.29) is 0 Å². The standard InChI is InChI=1S/C55H36N2/c1-3-13-37(14-4-1)40-24-30-54-41(33-40)31-32-56(54)43-26-28-48-49-29-27-45(57(42-17-5-2-6-18-42)44-25-23-38-15-7-8-16-39(38)34-44)36-53(49)55(52(48)35-43)50-21-11-9-19-46(50)47-20-10-12-22-51(47)55/h1-36H. The molecule has 0 saturated carbocycles. The van der Waals surface area contributed by atoms with E-state index in [0.29, 0.717) is 0 Å². The Morgan fingerprint density at radius 1 is 0.333 bits per heavy atom. The van der Waals surface area contributed by atoms with Crippen molar-refractivity contribution in [2.75, 3.05) is 4.90 Å². The van der Waals surface area contributed by atoms with E-state index in [1.54, 1.807) is 0 Å². The number of rotatable bonds is 5. The van der Waals surface area contributed by atoms with Crippen molar-refractivity contribution in [3.8, 4) is 39.1 Å². The summed E-state index contributed by atoms with van der Waals surface area (Å²) in [6, 6.07) is 78.4. The van der Waals surface area contributed by atoms with Gasteiger partial charge in [-0.3, -0.25) is 0 Å². The topological polar surface area (TPSA) is 8.17 Å². The van der Waals surface area contributed by atoms with Crippen LogP contribution in [0.5, 0.6) is 0 Å². The maximum absolute atomic E-state index is 2.48. The molecule has 2 aliphatic carbocycles. The summed E-state index contributed by atoms with van der Waals surface area (Å²) in [6.45, 7) is 0. The highest BCUT2D eigenvalue weighted by Crippen LogP contribution is 2.63. The summed E-state index contributed by atoms with van der Waals surface area (Å²) in [4.78, 5) is 2.41. The van der Waals surface area contributed by atoms with Gasteiger partial charge in [-0.05, 0) is 133 Å². The van der Waals surface area contributed by atoms with Crippen LogP contribution in [-0.2, 0) is 5.41 Å². The Balaban J connectivity index is 1.09. The van der Waals surface area contributed by atoms with Crippen molar-refractivity contribution in [3.63, 3.8) is 0 Å². The third kappa shape index (κ3) is 4.65. The lowest BCUT2D eigenvalue weighted by atomic mass is 9.70. The zero-order chi connectivity index (χ0) is 37.5. The van der Waals surface area contributed by atoms with Crippen LogP contribution >= 0.6 is 0 Å². The smallest absolute Gasteiger partial charge is 0.0727 e. The Bertz CT molecular complexity index is 3150. The molecular formula is C55H36N2. The fourth-order valence-electron chi connectivity index (χ4n) is 9.92. The van der Waals surface area contributed by atoms with Gasteiger partial charge in [-0.25, -0.2) is 0 Å². The lowest BCUT2D eigenvalue weighted by molar-refractivity contribution is 0.792. The van der Waals surface area contributed by atoms with Crippen LogP contribution in [0, 0.1) is 0 Å². The van der Waals surface area contributed by atoms with E-state index >= 15 is 0 Å². The molecule has 12 rings (SSSR count). The fraction of sp³-hybridized carbons (Fsp3) is 0.0182. The molecular weight excluding hydrogens is 689 g/mol. The van der Waals surface area contributed by atoms with E-state index in [2.05, 4.69) is 228 Å². The van der Waals surface area contributed by atoms with Gasteiger partial charge in [-0.15, -0.1) is 0 Å². The van der Waals surface area contributed by atoms with Crippen molar-refractivity contribution in [2.45, 2.75) is 5.41 Å². The van der Waals surface area contributed by atoms with E-state index in [1.165, 1.54) is 77.3 Å². The van der Waals surface area contributed by atoms with Crippen LogP contribution in [-0.4, -0.2) is 4.57 Å². The Hall–Kier alpha value is -7.42. The molecule has 1 spiro atoms. The normalized spacial score (nSPS) is 13.1. The molecule has 0 saturated heterocycles. The number of aromatic nitrogens is 1. The zero-order valence-corrected chi connectivity index (χ0v) is 31.2. The molecule has 266 valence electrons. The molecule has 1 aromatic heterocycles. The first-order valence-corrected chi connectivity index (χ1v) is 19.8. The Kier molecular flexibility index (Phi) is 6.88. The van der Waals surface area contributed by atoms with Crippen LogP contribution < -0.4 is 4.90 Å². The largest absolute Gasteiger partial charge is 0.317 e. The minimum absolute atomic E-state index is 0.501. The molecule has 0 N–H and O–H groups in total. The lowest BCUT2D eigenvalue weighted by Crippen LogP contribution is -2.26. The first kappa shape index (κ1) is 31.9. The molecule has 0 fully saturated rings. The fourth-order valence-corrected chi connectivity index (χ4v) is 9.92. The van der Waals surface area contributed by atoms with Gasteiger partial charge in [0.15, 0.2) is 0 Å². The van der Waals surface area contributed by atoms with Gasteiger partial charge < -0.3 is 9.47 Å². The highest BCUT2D eigenvalue weighted by molar-refractivity contribution is 5.98. The molecule has 57 heavy (non-hydrogen) atoms. The van der Waals surface area contributed by atoms with Crippen LogP contribution in [0.2, 0.25) is 0 Å². The number of fused-ring (bicyclic) bond motifs is 12. The van der Waals surface area contributed by atoms with Gasteiger partial charge in [-0.2, -0.15) is 0 Å². The second-order valence-electron chi connectivity index (χ2n) is 15.3. The molecule has 2 nitrogen and oxygen atoms in total. The first-order valence-electron chi connectivity index (χ1n) is 19.8. The van der Waals surface area contributed by atoms with E-state index in [4.69, 9.17) is 0 Å². The SMILES string of the molecule is c1ccc(-c2ccc3c(ccn3-c3ccc4c(c3)C3(c5ccccc5-c5ccccc53)c3cc(N(c5ccccc5)c5ccc6ccccc6c5)ccc3-4)c2)cc1. The van der Waals surface area contributed by atoms with E-state index < -0.39 is 5.41 Å². The highest BCUT2D eigenvalue weighted by Gasteiger charge is 2.52. The Labute approximate surface area is 332 Å². The van der Waals surface area contributed by atoms with Crippen LogP contribution in [0.15, 0.2) is 219 Å². The predicted molar refractivity (Wildman–Crippen MR) is 237 cm³/mol. The summed E-state index contributed by atoms with van der Waals surface area (Å²) < 4.78 is 2.36. The Morgan fingerprint density at radius 2 is 0.930 bits per heavy atom. The van der Waals surface area contributed by atoms with Gasteiger partial charge in [0.2, 0.25) is 0 Å². The van der Waals surface area contributed by atoms with E-state index in [9.17, 15) is 0 Å². The summed E-state index contributed by atoms with van der Waals surface area (Å²) in [5.41, 5.74) is 18.2. The summed E-state index contributed by atoms with van der Waals surface area (Å²) >= 11 is 0. The van der Waals surface area contributed by atoms with Crippen molar-refractivity contribution < 1.29 is 0 Å². The summed E-state index contributed by atoms with van der Waals surface area (Å²) in [6.07, 6.45) is 2.23. The molecule has 2 aliphatic rings. The predicted octanol–water partition coefficient (Wildman–Crippen LogP) is 14.3. The van der Waals surface area contributed by atoms with E-state index in [1.807, 2.05) is 0 Å². The van der Waals surface area contributed by atoms with Gasteiger partial charge in [0.25, 0.3) is 0 Å². The second kappa shape index (κ2) is 12.3. The maximum Gasteiger partial charge on any atom is 0.0727 e. The number of benzene rings is 9. The van der Waals surface area contributed by atoms with Gasteiger partial charge >= 0.3 is 0 Å². The van der Waals surface area contributed by atoms with Crippen molar-refractivity contribution in [1.29, 1.82) is 0 Å². The molecule has 0 unspecified atom stereocenters. The summed E-state index contributed by atoms with van der Waals surface area (Å²) in [5, 5.41) is 3.69. The molecule has 1 heterocycles. The zero-order valence-electron chi connectivity index (χ0n) is 31.2. The molecule has 0 amide bonds. The van der Waals surface area contributed by atoms with Gasteiger partial charge in [0.1, 0.15) is 0 Å². The monoisotopic (exact) mass is 724 g/mol. The maximum atomic E-state index is 2.48.